The van der Waals surface area contributed by atoms with Crippen molar-refractivity contribution < 1.29 is 19.8 Å². The van der Waals surface area contributed by atoms with Crippen LogP contribution in [0.25, 0.3) is 0 Å². The van der Waals surface area contributed by atoms with Gasteiger partial charge >= 0.3 is 12.0 Å². The van der Waals surface area contributed by atoms with Gasteiger partial charge in [0, 0.05) is 10.7 Å². The number of carboxylic acids is 1. The minimum Gasteiger partial charge on any atom is -0.506 e. The van der Waals surface area contributed by atoms with E-state index in [1.54, 1.807) is 24.3 Å². The Bertz CT molecular complexity index is 703. The van der Waals surface area contributed by atoms with E-state index >= 15 is 0 Å². The largest absolute Gasteiger partial charge is 0.506 e. The van der Waals surface area contributed by atoms with Gasteiger partial charge in [0.25, 0.3) is 0 Å². The van der Waals surface area contributed by atoms with E-state index in [2.05, 4.69) is 10.6 Å². The van der Waals surface area contributed by atoms with Crippen LogP contribution in [0.5, 0.6) is 5.75 Å². The fraction of sp³-hybridized carbons (Fsp3) is 0. The van der Waals surface area contributed by atoms with E-state index in [1.165, 1.54) is 12.1 Å². The highest BCUT2D eigenvalue weighted by Gasteiger charge is 2.10. The van der Waals surface area contributed by atoms with Crippen LogP contribution in [-0.2, 0) is 0 Å². The van der Waals surface area contributed by atoms with Crippen LogP contribution in [0, 0.1) is 0 Å². The predicted molar refractivity (Wildman–Crippen MR) is 79.2 cm³/mol. The summed E-state index contributed by atoms with van der Waals surface area (Å²) >= 11 is 5.79. The first-order valence-electron chi connectivity index (χ1n) is 5.85. The van der Waals surface area contributed by atoms with E-state index < -0.39 is 12.0 Å². The molecule has 2 rings (SSSR count). The molecule has 2 aromatic rings. The number of halogens is 1. The summed E-state index contributed by atoms with van der Waals surface area (Å²) in [6, 6.07) is 9.60. The Morgan fingerprint density at radius 2 is 1.81 bits per heavy atom. The molecular weight excluding hydrogens is 296 g/mol. The minimum absolute atomic E-state index is 0.0756. The number of aromatic hydroxyl groups is 1. The molecule has 0 spiro atoms. The average molecular weight is 307 g/mol. The number of phenolic OH excluding ortho intramolecular Hbond substituents is 1. The molecule has 0 radical (unpaired) electrons. The number of amides is 2. The maximum atomic E-state index is 11.8. The van der Waals surface area contributed by atoms with E-state index in [0.717, 1.165) is 6.07 Å². The Morgan fingerprint density at radius 1 is 1.05 bits per heavy atom. The number of urea groups is 1. The quantitative estimate of drug-likeness (QED) is 0.653. The molecule has 0 saturated heterocycles. The van der Waals surface area contributed by atoms with Crippen molar-refractivity contribution in [2.24, 2.45) is 0 Å². The summed E-state index contributed by atoms with van der Waals surface area (Å²) in [7, 11) is 0. The lowest BCUT2D eigenvalue weighted by Crippen LogP contribution is -2.19. The zero-order valence-corrected chi connectivity index (χ0v) is 11.4. The Hall–Kier alpha value is -2.73. The molecule has 0 atom stereocenters. The predicted octanol–water partition coefficient (Wildman–Crippen LogP) is 3.39. The van der Waals surface area contributed by atoms with Crippen molar-refractivity contribution in [3.63, 3.8) is 0 Å². The van der Waals surface area contributed by atoms with Crippen molar-refractivity contribution in [3.05, 3.63) is 53.1 Å². The minimum atomic E-state index is -1.17. The lowest BCUT2D eigenvalue weighted by Gasteiger charge is -2.09. The van der Waals surface area contributed by atoms with Crippen molar-refractivity contribution in [1.29, 1.82) is 0 Å². The van der Waals surface area contributed by atoms with Gasteiger partial charge in [-0.25, -0.2) is 9.59 Å². The van der Waals surface area contributed by atoms with Crippen LogP contribution in [0.3, 0.4) is 0 Å². The van der Waals surface area contributed by atoms with Gasteiger partial charge in [0.05, 0.1) is 11.3 Å². The highest BCUT2D eigenvalue weighted by atomic mass is 35.5. The monoisotopic (exact) mass is 306 g/mol. The van der Waals surface area contributed by atoms with Crippen LogP contribution >= 0.6 is 11.6 Å². The Morgan fingerprint density at radius 3 is 2.43 bits per heavy atom. The summed E-state index contributed by atoms with van der Waals surface area (Å²) in [4.78, 5) is 22.5. The van der Waals surface area contributed by atoms with Crippen LogP contribution in [-0.4, -0.2) is 22.2 Å². The summed E-state index contributed by atoms with van der Waals surface area (Å²) in [5, 5.41) is 23.9. The molecule has 2 aromatic carbocycles. The standard InChI is InChI=1S/C14H11ClN2O4/c15-9-2-1-3-10(7-9)16-14(21)17-11-5-4-8(13(19)20)6-12(11)18/h1-7,18H,(H,19,20)(H2,16,17,21). The molecule has 0 heterocycles. The van der Waals surface area contributed by atoms with Crippen molar-refractivity contribution in [2.45, 2.75) is 0 Å². The molecule has 0 unspecified atom stereocenters. The highest BCUT2D eigenvalue weighted by molar-refractivity contribution is 6.30. The Labute approximate surface area is 125 Å². The zero-order chi connectivity index (χ0) is 15.4. The van der Waals surface area contributed by atoms with Crippen molar-refractivity contribution in [1.82, 2.24) is 0 Å². The number of phenols is 1. The van der Waals surface area contributed by atoms with Gasteiger partial charge in [-0.3, -0.25) is 0 Å². The molecule has 4 N–H and O–H groups in total. The number of rotatable bonds is 3. The van der Waals surface area contributed by atoms with Gasteiger partial charge in [0.1, 0.15) is 5.75 Å². The first kappa shape index (κ1) is 14.7. The Balaban J connectivity index is 2.08. The maximum Gasteiger partial charge on any atom is 0.335 e. The summed E-state index contributed by atoms with van der Waals surface area (Å²) in [6.07, 6.45) is 0. The molecule has 7 heteroatoms. The number of hydrogen-bond acceptors (Lipinski definition) is 3. The summed E-state index contributed by atoms with van der Waals surface area (Å²) in [6.45, 7) is 0. The van der Waals surface area contributed by atoms with Crippen LogP contribution in [0.2, 0.25) is 5.02 Å². The van der Waals surface area contributed by atoms with Crippen LogP contribution in [0.4, 0.5) is 16.2 Å². The van der Waals surface area contributed by atoms with Gasteiger partial charge in [0.2, 0.25) is 0 Å². The normalized spacial score (nSPS) is 9.95. The molecule has 0 aliphatic carbocycles. The lowest BCUT2D eigenvalue weighted by atomic mass is 10.2. The van der Waals surface area contributed by atoms with E-state index in [4.69, 9.17) is 16.7 Å². The topological polar surface area (TPSA) is 98.7 Å². The van der Waals surface area contributed by atoms with E-state index in [9.17, 15) is 14.7 Å². The first-order chi connectivity index (χ1) is 9.95. The number of benzene rings is 2. The number of carbonyl (C=O) groups excluding carboxylic acids is 1. The third-order valence-corrected chi connectivity index (χ3v) is 2.81. The lowest BCUT2D eigenvalue weighted by molar-refractivity contribution is 0.0696. The number of anilines is 2. The molecule has 0 aromatic heterocycles. The second-order valence-electron chi connectivity index (χ2n) is 4.13. The highest BCUT2D eigenvalue weighted by Crippen LogP contribution is 2.24. The molecule has 2 amide bonds. The molecule has 0 bridgehead atoms. The molecule has 0 aliphatic rings. The van der Waals surface area contributed by atoms with Gasteiger partial charge < -0.3 is 20.8 Å². The summed E-state index contributed by atoms with van der Waals surface area (Å²) < 4.78 is 0. The second kappa shape index (κ2) is 6.15. The molecular formula is C14H11ClN2O4. The van der Waals surface area contributed by atoms with Crippen LogP contribution in [0.1, 0.15) is 10.4 Å². The SMILES string of the molecule is O=C(Nc1cccc(Cl)c1)Nc1ccc(C(=O)O)cc1O. The summed E-state index contributed by atoms with van der Waals surface area (Å²) in [5.41, 5.74) is 0.509. The molecule has 6 nitrogen and oxygen atoms in total. The fourth-order valence-corrected chi connectivity index (χ4v) is 1.81. The van der Waals surface area contributed by atoms with Gasteiger partial charge in [0.15, 0.2) is 0 Å². The van der Waals surface area contributed by atoms with Gasteiger partial charge in [-0.15, -0.1) is 0 Å². The smallest absolute Gasteiger partial charge is 0.335 e. The van der Waals surface area contributed by atoms with Gasteiger partial charge in [-0.1, -0.05) is 17.7 Å². The number of hydrogen-bond donors (Lipinski definition) is 4. The molecule has 0 saturated carbocycles. The third kappa shape index (κ3) is 3.87. The fourth-order valence-electron chi connectivity index (χ4n) is 1.62. The molecule has 0 fully saturated rings. The molecule has 108 valence electrons. The average Bonchev–Trinajstić information content (AvgIpc) is 2.40. The number of carboxylic acid groups (broad SMARTS) is 1. The molecule has 0 aliphatic heterocycles. The Kier molecular flexibility index (Phi) is 4.30. The summed E-state index contributed by atoms with van der Waals surface area (Å²) in [5.74, 6) is -1.50. The van der Waals surface area contributed by atoms with Crippen molar-refractivity contribution in [2.75, 3.05) is 10.6 Å². The van der Waals surface area contributed by atoms with Crippen LogP contribution in [0.15, 0.2) is 42.5 Å². The first-order valence-corrected chi connectivity index (χ1v) is 6.23. The van der Waals surface area contributed by atoms with E-state index in [0.29, 0.717) is 10.7 Å². The van der Waals surface area contributed by atoms with Crippen LogP contribution < -0.4 is 10.6 Å². The third-order valence-electron chi connectivity index (χ3n) is 2.58. The maximum absolute atomic E-state index is 11.8. The van der Waals surface area contributed by atoms with Crippen molar-refractivity contribution >= 4 is 35.0 Å². The van der Waals surface area contributed by atoms with E-state index in [1.807, 2.05) is 0 Å². The number of carbonyl (C=O) groups is 2. The second-order valence-corrected chi connectivity index (χ2v) is 4.56. The molecule has 21 heavy (non-hydrogen) atoms. The van der Waals surface area contributed by atoms with Gasteiger partial charge in [-0.2, -0.15) is 0 Å². The number of aromatic carboxylic acids is 1. The van der Waals surface area contributed by atoms with Crippen molar-refractivity contribution in [3.8, 4) is 5.75 Å². The van der Waals surface area contributed by atoms with E-state index in [-0.39, 0.29) is 17.0 Å². The van der Waals surface area contributed by atoms with Gasteiger partial charge in [-0.05, 0) is 36.4 Å². The number of nitrogens with one attached hydrogen (secondary N) is 2. The zero-order valence-electron chi connectivity index (χ0n) is 10.6.